The highest BCUT2D eigenvalue weighted by Crippen LogP contribution is 2.12. The second-order valence-corrected chi connectivity index (χ2v) is 4.17. The topological polar surface area (TPSA) is 47.6 Å². The van der Waals surface area contributed by atoms with Crippen LogP contribution >= 0.6 is 0 Å². The third-order valence-electron chi connectivity index (χ3n) is 2.65. The van der Waals surface area contributed by atoms with Gasteiger partial charge in [0.2, 0.25) is 0 Å². The van der Waals surface area contributed by atoms with E-state index in [1.54, 1.807) is 0 Å². The van der Waals surface area contributed by atoms with Gasteiger partial charge in [-0.05, 0) is 31.9 Å². The van der Waals surface area contributed by atoms with Crippen molar-refractivity contribution in [3.63, 3.8) is 0 Å². The number of hydrogen-bond acceptors (Lipinski definition) is 3. The van der Waals surface area contributed by atoms with E-state index in [1.807, 2.05) is 44.2 Å². The van der Waals surface area contributed by atoms with Gasteiger partial charge in [0.15, 0.2) is 6.10 Å². The maximum Gasteiger partial charge on any atom is 0.261 e. The standard InChI is InChI=1S/C15H23NO3/c1-3-14(19-13-9-6-5-7-10-13)15(17)16-11-8-12-18-4-2/h5-7,9-10,14H,3-4,8,11-12H2,1-2H3,(H,16,17)/t14-/m1/s1. The van der Waals surface area contributed by atoms with Gasteiger partial charge in [0.05, 0.1) is 0 Å². The highest BCUT2D eigenvalue weighted by molar-refractivity contribution is 5.81. The Hall–Kier alpha value is -1.55. The molecular formula is C15H23NO3. The van der Waals surface area contributed by atoms with Gasteiger partial charge in [0.1, 0.15) is 5.75 Å². The molecule has 0 saturated carbocycles. The zero-order chi connectivity index (χ0) is 13.9. The van der Waals surface area contributed by atoms with Crippen LogP contribution in [0.5, 0.6) is 5.75 Å². The predicted octanol–water partition coefficient (Wildman–Crippen LogP) is 2.39. The molecule has 0 aliphatic carbocycles. The maximum absolute atomic E-state index is 11.9. The Morgan fingerprint density at radius 2 is 2.00 bits per heavy atom. The first-order chi connectivity index (χ1) is 9.27. The van der Waals surface area contributed by atoms with E-state index in [4.69, 9.17) is 9.47 Å². The zero-order valence-electron chi connectivity index (χ0n) is 11.7. The fourth-order valence-electron chi connectivity index (χ4n) is 1.63. The summed E-state index contributed by atoms with van der Waals surface area (Å²) in [5, 5.41) is 2.87. The highest BCUT2D eigenvalue weighted by atomic mass is 16.5. The molecule has 0 heterocycles. The lowest BCUT2D eigenvalue weighted by Gasteiger charge is -2.17. The average Bonchev–Trinajstić information content (AvgIpc) is 2.45. The minimum absolute atomic E-state index is 0.0668. The molecule has 1 atom stereocenters. The number of carbonyl (C=O) groups is 1. The molecule has 0 bridgehead atoms. The largest absolute Gasteiger partial charge is 0.481 e. The van der Waals surface area contributed by atoms with Gasteiger partial charge >= 0.3 is 0 Å². The Balaban J connectivity index is 2.31. The Labute approximate surface area is 115 Å². The zero-order valence-corrected chi connectivity index (χ0v) is 11.7. The van der Waals surface area contributed by atoms with Crippen molar-refractivity contribution in [1.29, 1.82) is 0 Å². The van der Waals surface area contributed by atoms with E-state index in [9.17, 15) is 4.79 Å². The number of ether oxygens (including phenoxy) is 2. The van der Waals surface area contributed by atoms with Gasteiger partial charge in [0.25, 0.3) is 5.91 Å². The summed E-state index contributed by atoms with van der Waals surface area (Å²) in [6.07, 6.45) is 1.03. The Morgan fingerprint density at radius 3 is 2.63 bits per heavy atom. The van der Waals surface area contributed by atoms with Crippen LogP contribution in [-0.2, 0) is 9.53 Å². The molecule has 1 rings (SSSR count). The van der Waals surface area contributed by atoms with Gasteiger partial charge in [0, 0.05) is 19.8 Å². The first-order valence-corrected chi connectivity index (χ1v) is 6.85. The molecule has 0 saturated heterocycles. The van der Waals surface area contributed by atoms with Gasteiger partial charge in [-0.2, -0.15) is 0 Å². The molecule has 0 aliphatic rings. The van der Waals surface area contributed by atoms with Crippen molar-refractivity contribution in [3.05, 3.63) is 30.3 Å². The van der Waals surface area contributed by atoms with Crippen LogP contribution in [0.15, 0.2) is 30.3 Å². The predicted molar refractivity (Wildman–Crippen MR) is 75.3 cm³/mol. The van der Waals surface area contributed by atoms with Crippen LogP contribution < -0.4 is 10.1 Å². The van der Waals surface area contributed by atoms with Crippen molar-refractivity contribution in [3.8, 4) is 5.75 Å². The molecule has 0 fully saturated rings. The quantitative estimate of drug-likeness (QED) is 0.697. The molecule has 106 valence electrons. The van der Waals surface area contributed by atoms with Gasteiger partial charge in [-0.25, -0.2) is 0 Å². The van der Waals surface area contributed by atoms with Crippen molar-refractivity contribution in [2.75, 3.05) is 19.8 Å². The summed E-state index contributed by atoms with van der Waals surface area (Å²) >= 11 is 0. The number of rotatable bonds is 9. The molecule has 0 aliphatic heterocycles. The molecule has 0 radical (unpaired) electrons. The molecule has 4 nitrogen and oxygen atoms in total. The third kappa shape index (κ3) is 6.25. The van der Waals surface area contributed by atoms with Crippen LogP contribution in [0.2, 0.25) is 0 Å². The molecule has 0 aromatic heterocycles. The SMILES string of the molecule is CCOCCCNC(=O)[C@@H](CC)Oc1ccccc1. The van der Waals surface area contributed by atoms with Crippen molar-refractivity contribution < 1.29 is 14.3 Å². The fourth-order valence-corrected chi connectivity index (χ4v) is 1.63. The number of benzene rings is 1. The van der Waals surface area contributed by atoms with E-state index in [2.05, 4.69) is 5.32 Å². The van der Waals surface area contributed by atoms with Crippen LogP contribution in [0.4, 0.5) is 0 Å². The van der Waals surface area contributed by atoms with E-state index >= 15 is 0 Å². The molecule has 1 amide bonds. The van der Waals surface area contributed by atoms with Crippen LogP contribution in [0, 0.1) is 0 Å². The lowest BCUT2D eigenvalue weighted by atomic mass is 10.2. The van der Waals surface area contributed by atoms with Crippen molar-refractivity contribution in [2.24, 2.45) is 0 Å². The van der Waals surface area contributed by atoms with Gasteiger partial charge in [-0.15, -0.1) is 0 Å². The van der Waals surface area contributed by atoms with Crippen molar-refractivity contribution in [1.82, 2.24) is 5.32 Å². The summed E-state index contributed by atoms with van der Waals surface area (Å²) in [7, 11) is 0. The lowest BCUT2D eigenvalue weighted by molar-refractivity contribution is -0.128. The molecule has 4 heteroatoms. The minimum atomic E-state index is -0.436. The summed E-state index contributed by atoms with van der Waals surface area (Å²) in [4.78, 5) is 11.9. The fraction of sp³-hybridized carbons (Fsp3) is 0.533. The van der Waals surface area contributed by atoms with Crippen LogP contribution in [0.3, 0.4) is 0 Å². The monoisotopic (exact) mass is 265 g/mol. The number of carbonyl (C=O) groups excluding carboxylic acids is 1. The first-order valence-electron chi connectivity index (χ1n) is 6.85. The minimum Gasteiger partial charge on any atom is -0.481 e. The Bertz CT molecular complexity index is 354. The second-order valence-electron chi connectivity index (χ2n) is 4.17. The smallest absolute Gasteiger partial charge is 0.261 e. The second kappa shape index (κ2) is 9.39. The van der Waals surface area contributed by atoms with Crippen LogP contribution in [-0.4, -0.2) is 31.8 Å². The Morgan fingerprint density at radius 1 is 1.26 bits per heavy atom. The van der Waals surface area contributed by atoms with Crippen LogP contribution in [0.25, 0.3) is 0 Å². The van der Waals surface area contributed by atoms with Crippen molar-refractivity contribution in [2.45, 2.75) is 32.8 Å². The summed E-state index contributed by atoms with van der Waals surface area (Å²) < 4.78 is 10.9. The maximum atomic E-state index is 11.9. The van der Waals surface area contributed by atoms with E-state index < -0.39 is 6.10 Å². The van der Waals surface area contributed by atoms with Gasteiger partial charge in [-0.3, -0.25) is 4.79 Å². The molecule has 0 spiro atoms. The number of hydrogen-bond donors (Lipinski definition) is 1. The first kappa shape index (κ1) is 15.5. The molecule has 1 aromatic rings. The normalized spacial score (nSPS) is 11.9. The van der Waals surface area contributed by atoms with Gasteiger partial charge < -0.3 is 14.8 Å². The Kier molecular flexibility index (Phi) is 7.66. The van der Waals surface area contributed by atoms with Gasteiger partial charge in [-0.1, -0.05) is 25.1 Å². The van der Waals surface area contributed by atoms with Crippen LogP contribution in [0.1, 0.15) is 26.7 Å². The van der Waals surface area contributed by atoms with E-state index in [0.717, 1.165) is 12.2 Å². The summed E-state index contributed by atoms with van der Waals surface area (Å²) in [6, 6.07) is 9.40. The number of para-hydroxylation sites is 1. The van der Waals surface area contributed by atoms with Crippen molar-refractivity contribution >= 4 is 5.91 Å². The lowest BCUT2D eigenvalue weighted by Crippen LogP contribution is -2.38. The molecule has 0 unspecified atom stereocenters. The third-order valence-corrected chi connectivity index (χ3v) is 2.65. The summed E-state index contributed by atoms with van der Waals surface area (Å²) in [5.74, 6) is 0.654. The van der Waals surface area contributed by atoms with E-state index in [0.29, 0.717) is 26.2 Å². The number of nitrogens with one attached hydrogen (secondary N) is 1. The number of amides is 1. The van der Waals surface area contributed by atoms with E-state index in [-0.39, 0.29) is 5.91 Å². The average molecular weight is 265 g/mol. The molecule has 1 aromatic carbocycles. The summed E-state index contributed by atoms with van der Waals surface area (Å²) in [5.41, 5.74) is 0. The molecule has 1 N–H and O–H groups in total. The molecular weight excluding hydrogens is 242 g/mol. The summed E-state index contributed by atoms with van der Waals surface area (Å²) in [6.45, 7) is 5.90. The molecule has 19 heavy (non-hydrogen) atoms. The van der Waals surface area contributed by atoms with E-state index in [1.165, 1.54) is 0 Å². The highest BCUT2D eigenvalue weighted by Gasteiger charge is 2.17.